The molecule has 1 fully saturated rings. The number of anilines is 1. The Labute approximate surface area is 91.3 Å². The number of likely N-dealkylation sites (N-methyl/N-ethyl adjacent to an activating group) is 1. The van der Waals surface area contributed by atoms with Crippen molar-refractivity contribution < 1.29 is 0 Å². The van der Waals surface area contributed by atoms with Crippen LogP contribution in [0, 0.1) is 0 Å². The summed E-state index contributed by atoms with van der Waals surface area (Å²) in [5, 5.41) is 3.44. The molecule has 2 rings (SSSR count). The molecule has 1 aliphatic rings. The van der Waals surface area contributed by atoms with Crippen molar-refractivity contribution in [1.82, 2.24) is 14.9 Å². The molecule has 0 aromatic carbocycles. The Bertz CT molecular complexity index is 301. The lowest BCUT2D eigenvalue weighted by Crippen LogP contribution is -2.45. The highest BCUT2D eigenvalue weighted by molar-refractivity contribution is 5.32. The molecule has 15 heavy (non-hydrogen) atoms. The van der Waals surface area contributed by atoms with E-state index in [0.717, 1.165) is 25.6 Å². The average molecular weight is 208 g/mol. The summed E-state index contributed by atoms with van der Waals surface area (Å²) in [5.41, 5.74) is 0. The Balaban J connectivity index is 2.08. The Morgan fingerprint density at radius 3 is 3.20 bits per heavy atom. The third-order valence-electron chi connectivity index (χ3n) is 3.17. The van der Waals surface area contributed by atoms with Gasteiger partial charge in [0.25, 0.3) is 0 Å². The summed E-state index contributed by atoms with van der Waals surface area (Å²) < 4.78 is 2.19. The average Bonchev–Trinajstić information content (AvgIpc) is 2.77. The Kier molecular flexibility index (Phi) is 3.26. The molecule has 0 spiro atoms. The van der Waals surface area contributed by atoms with E-state index in [0.29, 0.717) is 6.04 Å². The van der Waals surface area contributed by atoms with Gasteiger partial charge in [-0.2, -0.15) is 0 Å². The third-order valence-corrected chi connectivity index (χ3v) is 3.17. The van der Waals surface area contributed by atoms with Gasteiger partial charge in [-0.05, 0) is 26.3 Å². The summed E-state index contributed by atoms with van der Waals surface area (Å²) in [5.74, 6) is 1.09. The lowest BCUT2D eigenvalue weighted by Gasteiger charge is -2.32. The minimum absolute atomic E-state index is 0.589. The van der Waals surface area contributed by atoms with Crippen LogP contribution in [0.15, 0.2) is 12.4 Å². The largest absolute Gasteiger partial charge is 0.341 e. The number of rotatable bonds is 3. The van der Waals surface area contributed by atoms with Crippen molar-refractivity contribution in [3.63, 3.8) is 0 Å². The summed E-state index contributed by atoms with van der Waals surface area (Å²) >= 11 is 0. The molecule has 1 N–H and O–H groups in total. The number of hydrogen-bond acceptors (Lipinski definition) is 3. The summed E-state index contributed by atoms with van der Waals surface area (Å²) in [7, 11) is 2.14. The number of nitrogens with zero attached hydrogens (tertiary/aromatic N) is 3. The first-order valence-corrected chi connectivity index (χ1v) is 5.77. The fourth-order valence-corrected chi connectivity index (χ4v) is 2.19. The highest BCUT2D eigenvalue weighted by atomic mass is 15.3. The first-order valence-electron chi connectivity index (χ1n) is 5.77. The van der Waals surface area contributed by atoms with Gasteiger partial charge in [-0.1, -0.05) is 0 Å². The van der Waals surface area contributed by atoms with E-state index in [2.05, 4.69) is 33.7 Å². The van der Waals surface area contributed by atoms with E-state index >= 15 is 0 Å². The van der Waals surface area contributed by atoms with Crippen LogP contribution < -0.4 is 10.2 Å². The van der Waals surface area contributed by atoms with E-state index in [9.17, 15) is 0 Å². The summed E-state index contributed by atoms with van der Waals surface area (Å²) in [6, 6.07) is 0.589. The van der Waals surface area contributed by atoms with Crippen molar-refractivity contribution in [3.05, 3.63) is 12.4 Å². The van der Waals surface area contributed by atoms with E-state index in [-0.39, 0.29) is 0 Å². The van der Waals surface area contributed by atoms with Crippen LogP contribution in [0.1, 0.15) is 19.8 Å². The Morgan fingerprint density at radius 2 is 2.53 bits per heavy atom. The topological polar surface area (TPSA) is 33.1 Å². The quantitative estimate of drug-likeness (QED) is 0.807. The van der Waals surface area contributed by atoms with Gasteiger partial charge in [-0.15, -0.1) is 0 Å². The van der Waals surface area contributed by atoms with Crippen molar-refractivity contribution >= 4 is 5.95 Å². The first kappa shape index (κ1) is 10.5. The molecule has 1 unspecified atom stereocenters. The minimum Gasteiger partial charge on any atom is -0.341 e. The zero-order chi connectivity index (χ0) is 10.7. The van der Waals surface area contributed by atoms with Crippen molar-refractivity contribution in [2.75, 3.05) is 25.0 Å². The molecule has 0 bridgehead atoms. The van der Waals surface area contributed by atoms with Crippen LogP contribution in [-0.4, -0.2) is 35.7 Å². The van der Waals surface area contributed by atoms with Crippen LogP contribution in [0.5, 0.6) is 0 Å². The molecular weight excluding hydrogens is 188 g/mol. The van der Waals surface area contributed by atoms with Crippen LogP contribution in [0.4, 0.5) is 5.95 Å². The molecular formula is C11H20N4. The monoisotopic (exact) mass is 208 g/mol. The standard InChI is InChI=1S/C11H20N4/c1-3-15-8-7-13-11(15)14(2)10-5-4-6-12-9-10/h7-8,10,12H,3-6,9H2,1-2H3. The van der Waals surface area contributed by atoms with Gasteiger partial charge in [0.1, 0.15) is 0 Å². The van der Waals surface area contributed by atoms with E-state index in [1.165, 1.54) is 12.8 Å². The molecule has 0 saturated carbocycles. The maximum atomic E-state index is 4.42. The molecule has 1 atom stereocenters. The van der Waals surface area contributed by atoms with Crippen LogP contribution in [0.2, 0.25) is 0 Å². The second-order valence-electron chi connectivity index (χ2n) is 4.12. The number of imidazole rings is 1. The van der Waals surface area contributed by atoms with Gasteiger partial charge in [0.15, 0.2) is 0 Å². The van der Waals surface area contributed by atoms with Crippen molar-refractivity contribution in [1.29, 1.82) is 0 Å². The number of hydrogen-bond donors (Lipinski definition) is 1. The van der Waals surface area contributed by atoms with Crippen molar-refractivity contribution in [3.8, 4) is 0 Å². The second kappa shape index (κ2) is 4.66. The second-order valence-corrected chi connectivity index (χ2v) is 4.12. The smallest absolute Gasteiger partial charge is 0.205 e. The molecule has 0 aliphatic carbocycles. The van der Waals surface area contributed by atoms with Crippen molar-refractivity contribution in [2.45, 2.75) is 32.4 Å². The van der Waals surface area contributed by atoms with Gasteiger partial charge < -0.3 is 14.8 Å². The van der Waals surface area contributed by atoms with Gasteiger partial charge in [0.2, 0.25) is 5.95 Å². The van der Waals surface area contributed by atoms with E-state index in [1.54, 1.807) is 0 Å². The summed E-state index contributed by atoms with van der Waals surface area (Å²) in [4.78, 5) is 6.72. The van der Waals surface area contributed by atoms with Gasteiger partial charge in [-0.3, -0.25) is 0 Å². The van der Waals surface area contributed by atoms with Crippen LogP contribution in [0.3, 0.4) is 0 Å². The zero-order valence-electron chi connectivity index (χ0n) is 9.61. The summed E-state index contributed by atoms with van der Waals surface area (Å²) in [6.45, 7) is 5.37. The fourth-order valence-electron chi connectivity index (χ4n) is 2.19. The summed E-state index contributed by atoms with van der Waals surface area (Å²) in [6.07, 6.45) is 6.45. The van der Waals surface area contributed by atoms with Crippen LogP contribution >= 0.6 is 0 Å². The molecule has 0 amide bonds. The lowest BCUT2D eigenvalue weighted by atomic mass is 10.1. The Morgan fingerprint density at radius 1 is 1.67 bits per heavy atom. The molecule has 0 radical (unpaired) electrons. The lowest BCUT2D eigenvalue weighted by molar-refractivity contribution is 0.438. The molecule has 1 aliphatic heterocycles. The minimum atomic E-state index is 0.589. The molecule has 84 valence electrons. The molecule has 2 heterocycles. The van der Waals surface area contributed by atoms with E-state index < -0.39 is 0 Å². The van der Waals surface area contributed by atoms with Crippen molar-refractivity contribution in [2.24, 2.45) is 0 Å². The maximum absolute atomic E-state index is 4.42. The van der Waals surface area contributed by atoms with Crippen LogP contribution in [-0.2, 0) is 6.54 Å². The number of aromatic nitrogens is 2. The molecule has 1 aromatic heterocycles. The van der Waals surface area contributed by atoms with Gasteiger partial charge >= 0.3 is 0 Å². The number of nitrogens with one attached hydrogen (secondary N) is 1. The Hall–Kier alpha value is -1.03. The highest BCUT2D eigenvalue weighted by Crippen LogP contribution is 2.16. The molecule has 4 nitrogen and oxygen atoms in total. The van der Waals surface area contributed by atoms with Gasteiger partial charge in [-0.25, -0.2) is 4.98 Å². The molecule has 1 saturated heterocycles. The number of piperidine rings is 1. The van der Waals surface area contributed by atoms with Gasteiger partial charge in [0.05, 0.1) is 0 Å². The predicted octanol–water partition coefficient (Wildman–Crippen LogP) is 1.09. The predicted molar refractivity (Wildman–Crippen MR) is 62.2 cm³/mol. The van der Waals surface area contributed by atoms with E-state index in [1.807, 2.05) is 12.4 Å². The van der Waals surface area contributed by atoms with Gasteiger partial charge in [0, 0.05) is 38.6 Å². The number of aryl methyl sites for hydroxylation is 1. The van der Waals surface area contributed by atoms with Crippen LogP contribution in [0.25, 0.3) is 0 Å². The molecule has 4 heteroatoms. The SMILES string of the molecule is CCn1ccnc1N(C)C1CCCNC1. The molecule has 1 aromatic rings. The maximum Gasteiger partial charge on any atom is 0.205 e. The third kappa shape index (κ3) is 2.15. The fraction of sp³-hybridized carbons (Fsp3) is 0.727. The first-order chi connectivity index (χ1) is 7.33. The van der Waals surface area contributed by atoms with E-state index in [4.69, 9.17) is 0 Å². The highest BCUT2D eigenvalue weighted by Gasteiger charge is 2.20. The normalized spacial score (nSPS) is 21.6. The zero-order valence-corrected chi connectivity index (χ0v) is 9.61.